The molecule has 1 aliphatic heterocycles. The van der Waals surface area contributed by atoms with Gasteiger partial charge in [-0.1, -0.05) is 18.2 Å². The van der Waals surface area contributed by atoms with Gasteiger partial charge in [-0.2, -0.15) is 0 Å². The van der Waals surface area contributed by atoms with Gasteiger partial charge in [-0.05, 0) is 18.2 Å². The second-order valence-corrected chi connectivity index (χ2v) is 5.04. The van der Waals surface area contributed by atoms with Crippen molar-refractivity contribution in [2.45, 2.75) is 0 Å². The fourth-order valence-electron chi connectivity index (χ4n) is 2.51. The summed E-state index contributed by atoms with van der Waals surface area (Å²) in [6.45, 7) is 1.20. The molecular formula is C16H13N5O. The number of nitrogens with zero attached hydrogens (tertiary/aromatic N) is 4. The van der Waals surface area contributed by atoms with E-state index in [1.54, 1.807) is 12.4 Å². The molecule has 1 N–H and O–H groups in total. The number of aromatic nitrogens is 3. The standard InChI is InChI=1S/C16H13N5O/c22-16-18-7-8-21(16)15-17-6-5-14(20-15)12-9-11-3-1-2-4-13(11)19-10-12/h1-6,9-10H,7-8H2,(H,18,22). The van der Waals surface area contributed by atoms with Gasteiger partial charge in [-0.3, -0.25) is 9.88 Å². The predicted octanol–water partition coefficient (Wildman–Crippen LogP) is 2.22. The molecule has 2 amide bonds. The first-order valence-electron chi connectivity index (χ1n) is 7.05. The van der Waals surface area contributed by atoms with Crippen molar-refractivity contribution in [3.8, 4) is 11.3 Å². The van der Waals surface area contributed by atoms with Crippen LogP contribution >= 0.6 is 0 Å². The Kier molecular flexibility index (Phi) is 2.93. The van der Waals surface area contributed by atoms with Crippen molar-refractivity contribution in [2.75, 3.05) is 18.0 Å². The van der Waals surface area contributed by atoms with E-state index in [-0.39, 0.29) is 6.03 Å². The van der Waals surface area contributed by atoms with E-state index in [4.69, 9.17) is 0 Å². The maximum absolute atomic E-state index is 11.7. The summed E-state index contributed by atoms with van der Waals surface area (Å²) in [5.74, 6) is 0.417. The van der Waals surface area contributed by atoms with Gasteiger partial charge in [-0.15, -0.1) is 0 Å². The molecular weight excluding hydrogens is 278 g/mol. The largest absolute Gasteiger partial charge is 0.336 e. The number of hydrogen-bond donors (Lipinski definition) is 1. The fourth-order valence-corrected chi connectivity index (χ4v) is 2.51. The van der Waals surface area contributed by atoms with Gasteiger partial charge in [0.1, 0.15) is 0 Å². The monoisotopic (exact) mass is 291 g/mol. The lowest BCUT2D eigenvalue weighted by atomic mass is 10.1. The minimum atomic E-state index is -0.159. The first kappa shape index (κ1) is 12.7. The molecule has 4 rings (SSSR count). The third-order valence-corrected chi connectivity index (χ3v) is 3.63. The number of benzene rings is 1. The van der Waals surface area contributed by atoms with Crippen LogP contribution in [0.25, 0.3) is 22.2 Å². The minimum Gasteiger partial charge on any atom is -0.336 e. The van der Waals surface area contributed by atoms with Crippen LogP contribution in [0.3, 0.4) is 0 Å². The highest BCUT2D eigenvalue weighted by Crippen LogP contribution is 2.22. The highest BCUT2D eigenvalue weighted by atomic mass is 16.2. The highest BCUT2D eigenvalue weighted by Gasteiger charge is 2.23. The van der Waals surface area contributed by atoms with Crippen LogP contribution in [0.15, 0.2) is 48.8 Å². The van der Waals surface area contributed by atoms with E-state index < -0.39 is 0 Å². The van der Waals surface area contributed by atoms with Gasteiger partial charge < -0.3 is 5.32 Å². The Balaban J connectivity index is 1.76. The normalized spacial score (nSPS) is 14.4. The van der Waals surface area contributed by atoms with Gasteiger partial charge in [0.25, 0.3) is 0 Å². The minimum absolute atomic E-state index is 0.159. The van der Waals surface area contributed by atoms with Crippen molar-refractivity contribution < 1.29 is 4.79 Å². The Labute approximate surface area is 126 Å². The van der Waals surface area contributed by atoms with Gasteiger partial charge in [0.05, 0.1) is 11.2 Å². The SMILES string of the molecule is O=C1NCCN1c1nccc(-c2cnc3ccccc3c2)n1. The molecule has 3 aromatic rings. The molecule has 1 fully saturated rings. The van der Waals surface area contributed by atoms with Crippen molar-refractivity contribution in [3.05, 3.63) is 48.8 Å². The van der Waals surface area contributed by atoms with Crippen molar-refractivity contribution in [3.63, 3.8) is 0 Å². The summed E-state index contributed by atoms with van der Waals surface area (Å²) in [7, 11) is 0. The number of urea groups is 1. The molecule has 1 saturated heterocycles. The van der Waals surface area contributed by atoms with Crippen molar-refractivity contribution >= 4 is 22.9 Å². The lowest BCUT2D eigenvalue weighted by molar-refractivity contribution is 0.252. The Morgan fingerprint density at radius 3 is 2.91 bits per heavy atom. The summed E-state index contributed by atoms with van der Waals surface area (Å²) < 4.78 is 0. The summed E-state index contributed by atoms with van der Waals surface area (Å²) in [4.78, 5) is 26.4. The molecule has 0 spiro atoms. The van der Waals surface area contributed by atoms with Crippen LogP contribution in [0, 0.1) is 0 Å². The van der Waals surface area contributed by atoms with Crippen molar-refractivity contribution in [1.82, 2.24) is 20.3 Å². The summed E-state index contributed by atoms with van der Waals surface area (Å²) in [6, 6.07) is 11.6. The van der Waals surface area contributed by atoms with E-state index in [0.29, 0.717) is 19.0 Å². The molecule has 108 valence electrons. The number of para-hydroxylation sites is 1. The molecule has 0 radical (unpaired) electrons. The first-order valence-corrected chi connectivity index (χ1v) is 7.05. The van der Waals surface area contributed by atoms with Crippen LogP contribution in [0.1, 0.15) is 0 Å². The topological polar surface area (TPSA) is 71.0 Å². The maximum atomic E-state index is 11.7. The van der Waals surface area contributed by atoms with E-state index in [2.05, 4.69) is 20.3 Å². The predicted molar refractivity (Wildman–Crippen MR) is 83.5 cm³/mol. The molecule has 2 aromatic heterocycles. The van der Waals surface area contributed by atoms with Crippen LogP contribution in [0.2, 0.25) is 0 Å². The Bertz CT molecular complexity index is 864. The van der Waals surface area contributed by atoms with Crippen molar-refractivity contribution in [1.29, 1.82) is 0 Å². The number of amides is 2. The van der Waals surface area contributed by atoms with E-state index in [9.17, 15) is 4.79 Å². The molecule has 1 aliphatic rings. The number of pyridine rings is 1. The zero-order chi connectivity index (χ0) is 14.9. The molecule has 22 heavy (non-hydrogen) atoms. The Morgan fingerprint density at radius 1 is 1.14 bits per heavy atom. The summed E-state index contributed by atoms with van der Waals surface area (Å²) >= 11 is 0. The number of rotatable bonds is 2. The first-order chi connectivity index (χ1) is 10.8. The smallest absolute Gasteiger partial charge is 0.324 e. The number of carbonyl (C=O) groups excluding carboxylic acids is 1. The molecule has 0 atom stereocenters. The van der Waals surface area contributed by atoms with Gasteiger partial charge in [0.2, 0.25) is 5.95 Å². The van der Waals surface area contributed by atoms with Gasteiger partial charge in [0, 0.05) is 36.4 Å². The molecule has 1 aromatic carbocycles. The van der Waals surface area contributed by atoms with Crippen LogP contribution in [0.4, 0.5) is 10.7 Å². The van der Waals surface area contributed by atoms with Gasteiger partial charge in [0.15, 0.2) is 0 Å². The van der Waals surface area contributed by atoms with E-state index >= 15 is 0 Å². The lowest BCUT2D eigenvalue weighted by Gasteiger charge is -2.12. The third-order valence-electron chi connectivity index (χ3n) is 3.63. The summed E-state index contributed by atoms with van der Waals surface area (Å²) in [6.07, 6.45) is 3.46. The molecule has 0 bridgehead atoms. The van der Waals surface area contributed by atoms with E-state index in [1.165, 1.54) is 4.90 Å². The second kappa shape index (κ2) is 5.07. The van der Waals surface area contributed by atoms with Crippen molar-refractivity contribution in [2.24, 2.45) is 0 Å². The quantitative estimate of drug-likeness (QED) is 0.786. The molecule has 6 heteroatoms. The number of hydrogen-bond acceptors (Lipinski definition) is 4. The van der Waals surface area contributed by atoms with Crippen LogP contribution in [0.5, 0.6) is 0 Å². The summed E-state index contributed by atoms with van der Waals surface area (Å²) in [5, 5.41) is 3.80. The number of anilines is 1. The molecule has 3 heterocycles. The molecule has 0 unspecified atom stereocenters. The zero-order valence-corrected chi connectivity index (χ0v) is 11.7. The number of fused-ring (bicyclic) bond motifs is 1. The van der Waals surface area contributed by atoms with Crippen LogP contribution < -0.4 is 10.2 Å². The Morgan fingerprint density at radius 2 is 2.05 bits per heavy atom. The van der Waals surface area contributed by atoms with E-state index in [1.807, 2.05) is 36.4 Å². The third kappa shape index (κ3) is 2.14. The van der Waals surface area contributed by atoms with Crippen LogP contribution in [-0.4, -0.2) is 34.1 Å². The Hall–Kier alpha value is -3.02. The molecule has 0 aliphatic carbocycles. The molecule has 6 nitrogen and oxygen atoms in total. The summed E-state index contributed by atoms with van der Waals surface area (Å²) in [5.41, 5.74) is 2.60. The van der Waals surface area contributed by atoms with Gasteiger partial charge >= 0.3 is 6.03 Å². The number of carbonyl (C=O) groups is 1. The highest BCUT2D eigenvalue weighted by molar-refractivity contribution is 5.92. The zero-order valence-electron chi connectivity index (χ0n) is 11.7. The average Bonchev–Trinajstić information content (AvgIpc) is 3.00. The van der Waals surface area contributed by atoms with Gasteiger partial charge in [-0.25, -0.2) is 14.8 Å². The second-order valence-electron chi connectivity index (χ2n) is 5.04. The van der Waals surface area contributed by atoms with Crippen LogP contribution in [-0.2, 0) is 0 Å². The molecule has 0 saturated carbocycles. The van der Waals surface area contributed by atoms with E-state index in [0.717, 1.165) is 22.2 Å². The average molecular weight is 291 g/mol. The lowest BCUT2D eigenvalue weighted by Crippen LogP contribution is -2.29. The maximum Gasteiger partial charge on any atom is 0.324 e. The number of nitrogens with one attached hydrogen (secondary N) is 1. The fraction of sp³-hybridized carbons (Fsp3) is 0.125.